The van der Waals surface area contributed by atoms with Gasteiger partial charge in [0.15, 0.2) is 17.1 Å². The minimum atomic E-state index is -0.0338. The standard InChI is InChI=1S/C12H27P3.3C9H9N.W/c1-13(2)10-7-11(14(3)4)9-12(8-10)15(5)6;3*1-7-5-4-6-8(2)9(7)10-3;/h10-12H,7-9H2,1-6H3;3*4-6H,1-2H3;/p+3. The Hall–Kier alpha value is -1.89. The molecule has 4 rings (SSSR count). The number of aryl methyl sites for hydroxylation is 6. The van der Waals surface area contributed by atoms with Crippen LogP contribution in [0.15, 0.2) is 54.6 Å². The molecule has 3 nitrogen and oxygen atoms in total. The molecule has 0 heterocycles. The van der Waals surface area contributed by atoms with Crippen molar-refractivity contribution in [2.45, 2.75) is 77.8 Å². The number of nitrogens with zero attached hydrogens (tertiary/aromatic N) is 3. The Balaban J connectivity index is 0.000000593. The second-order valence-corrected chi connectivity index (χ2v) is 22.0. The number of hydrogen-bond acceptors (Lipinski definition) is 0. The van der Waals surface area contributed by atoms with E-state index in [1.54, 1.807) is 19.3 Å². The van der Waals surface area contributed by atoms with Gasteiger partial charge in [0.05, 0.1) is 36.7 Å². The van der Waals surface area contributed by atoms with Crippen LogP contribution in [0.4, 0.5) is 17.1 Å². The third-order valence-electron chi connectivity index (χ3n) is 8.81. The number of benzene rings is 3. The van der Waals surface area contributed by atoms with Crippen LogP contribution in [0.5, 0.6) is 0 Å². The largest absolute Gasteiger partial charge is 0.238 e. The van der Waals surface area contributed by atoms with Crippen molar-refractivity contribution in [1.29, 1.82) is 0 Å². The fourth-order valence-corrected chi connectivity index (χ4v) is 10.9. The Morgan fingerprint density at radius 2 is 0.609 bits per heavy atom. The minimum absolute atomic E-state index is 0. The molecule has 7 heteroatoms. The predicted molar refractivity (Wildman–Crippen MR) is 212 cm³/mol. The van der Waals surface area contributed by atoms with Gasteiger partial charge in [-0.05, 0) is 98.7 Å². The van der Waals surface area contributed by atoms with E-state index in [2.05, 4.69) is 54.5 Å². The summed E-state index contributed by atoms with van der Waals surface area (Å²) in [6.45, 7) is 47.5. The van der Waals surface area contributed by atoms with Crippen LogP contribution >= 0.6 is 23.8 Å². The van der Waals surface area contributed by atoms with Gasteiger partial charge in [-0.2, -0.15) is 0 Å². The van der Waals surface area contributed by atoms with Crippen molar-refractivity contribution in [3.8, 4) is 0 Å². The third-order valence-corrected chi connectivity index (χ3v) is 15.1. The van der Waals surface area contributed by atoms with Gasteiger partial charge in [-0.25, -0.2) is 14.5 Å². The van der Waals surface area contributed by atoms with Gasteiger partial charge in [0.1, 0.15) is 0 Å². The quantitative estimate of drug-likeness (QED) is 0.184. The zero-order valence-electron chi connectivity index (χ0n) is 30.3. The van der Waals surface area contributed by atoms with Gasteiger partial charge < -0.3 is 0 Å². The minimum Gasteiger partial charge on any atom is -0.238 e. The van der Waals surface area contributed by atoms with E-state index in [9.17, 15) is 0 Å². The maximum atomic E-state index is 6.85. The summed E-state index contributed by atoms with van der Waals surface area (Å²) >= 11 is 0. The molecule has 1 fully saturated rings. The molecule has 0 aromatic heterocycles. The van der Waals surface area contributed by atoms with Crippen LogP contribution in [0.3, 0.4) is 0 Å². The Labute approximate surface area is 300 Å². The molecule has 0 aliphatic heterocycles. The fraction of sp³-hybridized carbons (Fsp3) is 0.462. The second kappa shape index (κ2) is 22.6. The maximum absolute atomic E-state index is 6.85. The van der Waals surface area contributed by atoms with Crippen molar-refractivity contribution in [3.05, 3.63) is 122 Å². The first kappa shape index (κ1) is 44.1. The SMILES string of the molecule is C[PH+](C)C1CC([PH+](C)C)CC([PH+](C)C)C1.[C-]#[N+]c1c(C)cccc1C.[C-]#[N+]c1c(C)cccc1C.[C-]#[N+]c1c(C)cccc1C.[W]. The molecule has 3 aromatic rings. The van der Waals surface area contributed by atoms with Crippen molar-refractivity contribution in [1.82, 2.24) is 0 Å². The van der Waals surface area contributed by atoms with Crippen molar-refractivity contribution in [2.24, 2.45) is 0 Å². The van der Waals surface area contributed by atoms with Crippen LogP contribution in [0.25, 0.3) is 14.5 Å². The van der Waals surface area contributed by atoms with Crippen LogP contribution in [0.2, 0.25) is 0 Å². The van der Waals surface area contributed by atoms with Gasteiger partial charge in [-0.1, -0.05) is 54.6 Å². The molecule has 1 aliphatic rings. The van der Waals surface area contributed by atoms with Gasteiger partial charge in [0.2, 0.25) is 0 Å². The first-order chi connectivity index (χ1) is 21.2. The number of hydrogen-bond donors (Lipinski definition) is 0. The van der Waals surface area contributed by atoms with Crippen molar-refractivity contribution >= 4 is 40.8 Å². The molecule has 3 aromatic carbocycles. The molecule has 46 heavy (non-hydrogen) atoms. The zero-order chi connectivity index (χ0) is 34.3. The molecular weight excluding hydrogens is 787 g/mol. The average Bonchev–Trinajstić information content (AvgIpc) is 2.98. The fourth-order valence-electron chi connectivity index (χ4n) is 5.68. The van der Waals surface area contributed by atoms with Gasteiger partial charge in [0.25, 0.3) is 0 Å². The topological polar surface area (TPSA) is 13.1 Å². The van der Waals surface area contributed by atoms with E-state index >= 15 is 0 Å². The molecular formula is C39H57N3P3W+3. The molecule has 1 saturated carbocycles. The van der Waals surface area contributed by atoms with E-state index in [-0.39, 0.29) is 44.8 Å². The van der Waals surface area contributed by atoms with Gasteiger partial charge in [-0.15, -0.1) is 0 Å². The van der Waals surface area contributed by atoms with Crippen LogP contribution in [0, 0.1) is 61.3 Å². The van der Waals surface area contributed by atoms with E-state index in [4.69, 9.17) is 19.7 Å². The molecule has 0 N–H and O–H groups in total. The molecule has 246 valence electrons. The van der Waals surface area contributed by atoms with Gasteiger partial charge >= 0.3 is 0 Å². The smallest absolute Gasteiger partial charge is 0.193 e. The molecule has 0 spiro atoms. The summed E-state index contributed by atoms with van der Waals surface area (Å²) in [7, 11) is -0.101. The zero-order valence-corrected chi connectivity index (χ0v) is 36.2. The molecule has 1 aliphatic carbocycles. The Morgan fingerprint density at radius 3 is 0.717 bits per heavy atom. The molecule has 0 radical (unpaired) electrons. The van der Waals surface area contributed by atoms with Crippen molar-refractivity contribution in [2.75, 3.05) is 40.0 Å². The summed E-state index contributed by atoms with van der Waals surface area (Å²) in [6.07, 6.45) is 4.77. The second-order valence-electron chi connectivity index (χ2n) is 13.1. The summed E-state index contributed by atoms with van der Waals surface area (Å²) in [6, 6.07) is 17.7. The average molecular weight is 845 g/mol. The number of rotatable bonds is 3. The van der Waals surface area contributed by atoms with Crippen LogP contribution < -0.4 is 0 Å². The van der Waals surface area contributed by atoms with E-state index in [0.29, 0.717) is 0 Å². The predicted octanol–water partition coefficient (Wildman–Crippen LogP) is 12.3. The van der Waals surface area contributed by atoms with Crippen molar-refractivity contribution in [3.63, 3.8) is 0 Å². The summed E-state index contributed by atoms with van der Waals surface area (Å²) < 4.78 is 0. The Bertz CT molecular complexity index is 1250. The van der Waals surface area contributed by atoms with Crippen molar-refractivity contribution < 1.29 is 21.1 Å². The molecule has 0 amide bonds. The maximum Gasteiger partial charge on any atom is 0.193 e. The van der Waals surface area contributed by atoms with Crippen LogP contribution in [-0.4, -0.2) is 57.0 Å². The molecule has 0 saturated heterocycles. The number of para-hydroxylation sites is 3. The first-order valence-electron chi connectivity index (χ1n) is 15.9. The first-order valence-corrected chi connectivity index (χ1v) is 23.6. The summed E-state index contributed by atoms with van der Waals surface area (Å²) in [5.41, 5.74) is 12.2. The van der Waals surface area contributed by atoms with E-state index in [0.717, 1.165) is 67.4 Å². The molecule has 0 unspecified atom stereocenters. The van der Waals surface area contributed by atoms with E-state index in [1.165, 1.54) is 0 Å². The summed E-state index contributed by atoms with van der Waals surface area (Å²) in [5.74, 6) is 0. The van der Waals surface area contributed by atoms with E-state index < -0.39 is 0 Å². The molecule has 0 bridgehead atoms. The molecule has 0 atom stereocenters. The van der Waals surface area contributed by atoms with Crippen LogP contribution in [-0.2, 0) is 21.1 Å². The summed E-state index contributed by atoms with van der Waals surface area (Å²) in [4.78, 5) is 10.3. The van der Waals surface area contributed by atoms with Gasteiger partial charge in [-0.3, -0.25) is 0 Å². The summed E-state index contributed by atoms with van der Waals surface area (Å²) in [5, 5.41) is 0. The van der Waals surface area contributed by atoms with Gasteiger partial charge in [0, 0.05) is 80.3 Å². The Morgan fingerprint density at radius 1 is 0.435 bits per heavy atom. The monoisotopic (exact) mass is 844 g/mol. The van der Waals surface area contributed by atoms with E-state index in [1.807, 2.05) is 96.1 Å². The Kier molecular flexibility index (Phi) is 21.7. The third kappa shape index (κ3) is 14.5. The normalized spacial score (nSPS) is 16.6. The van der Waals surface area contributed by atoms with Crippen LogP contribution in [0.1, 0.15) is 52.6 Å².